The topological polar surface area (TPSA) is 116 Å². The van der Waals surface area contributed by atoms with Crippen LogP contribution >= 0.6 is 0 Å². The summed E-state index contributed by atoms with van der Waals surface area (Å²) in [6.07, 6.45) is 0.223. The van der Waals surface area contributed by atoms with Gasteiger partial charge in [0, 0.05) is 0 Å². The van der Waals surface area contributed by atoms with E-state index in [4.69, 9.17) is 21.3 Å². The Hall–Kier alpha value is -1.92. The molecule has 17 heavy (non-hydrogen) atoms. The van der Waals surface area contributed by atoms with Gasteiger partial charge in [0.15, 0.2) is 0 Å². The van der Waals surface area contributed by atoms with Gasteiger partial charge in [-0.25, -0.2) is 0 Å². The molecule has 6 nitrogen and oxygen atoms in total. The maximum Gasteiger partial charge on any atom is 0.325 e. The van der Waals surface area contributed by atoms with Gasteiger partial charge >= 0.3 is 11.9 Å². The molecule has 0 spiro atoms. The van der Waals surface area contributed by atoms with Crippen molar-refractivity contribution in [2.24, 2.45) is 11.5 Å². The van der Waals surface area contributed by atoms with E-state index in [1.165, 1.54) is 0 Å². The van der Waals surface area contributed by atoms with Gasteiger partial charge in [-0.2, -0.15) is 0 Å². The van der Waals surface area contributed by atoms with E-state index in [9.17, 15) is 9.59 Å². The zero-order chi connectivity index (χ0) is 12.8. The van der Waals surface area contributed by atoms with Crippen molar-refractivity contribution < 1.29 is 19.4 Å². The van der Waals surface area contributed by atoms with Crippen molar-refractivity contribution in [3.05, 3.63) is 29.8 Å². The summed E-state index contributed by atoms with van der Waals surface area (Å²) in [7, 11) is 0. The molecule has 6 heteroatoms. The molecule has 0 radical (unpaired) electrons. The Kier molecular flexibility index (Phi) is 4.62. The van der Waals surface area contributed by atoms with Crippen molar-refractivity contribution in [2.75, 3.05) is 6.54 Å². The van der Waals surface area contributed by atoms with E-state index in [-0.39, 0.29) is 13.0 Å². The van der Waals surface area contributed by atoms with Gasteiger partial charge in [-0.15, -0.1) is 0 Å². The van der Waals surface area contributed by atoms with Gasteiger partial charge in [0.1, 0.15) is 11.8 Å². The smallest absolute Gasteiger partial charge is 0.325 e. The van der Waals surface area contributed by atoms with E-state index < -0.39 is 18.0 Å². The summed E-state index contributed by atoms with van der Waals surface area (Å²) in [5.41, 5.74) is 11.2. The van der Waals surface area contributed by atoms with E-state index in [0.29, 0.717) is 5.75 Å². The van der Waals surface area contributed by atoms with Crippen molar-refractivity contribution >= 4 is 11.9 Å². The molecule has 0 saturated heterocycles. The van der Waals surface area contributed by atoms with Crippen LogP contribution in [-0.2, 0) is 16.0 Å². The third-order valence-electron chi connectivity index (χ3n) is 2.09. The highest BCUT2D eigenvalue weighted by Gasteiger charge is 2.12. The second-order valence-electron chi connectivity index (χ2n) is 3.47. The lowest BCUT2D eigenvalue weighted by molar-refractivity contribution is -0.138. The van der Waals surface area contributed by atoms with Crippen LogP contribution in [0.15, 0.2) is 24.3 Å². The predicted molar refractivity (Wildman–Crippen MR) is 60.4 cm³/mol. The van der Waals surface area contributed by atoms with Crippen LogP contribution < -0.4 is 16.2 Å². The summed E-state index contributed by atoms with van der Waals surface area (Å²) < 4.78 is 4.86. The number of carbonyl (C=O) groups excluding carboxylic acids is 1. The number of ether oxygens (including phenoxy) is 1. The van der Waals surface area contributed by atoms with Crippen molar-refractivity contribution in [2.45, 2.75) is 12.5 Å². The first kappa shape index (κ1) is 13.1. The molecular formula is C11H14N2O4. The largest absolute Gasteiger partial charge is 0.480 e. The van der Waals surface area contributed by atoms with Crippen molar-refractivity contribution in [1.29, 1.82) is 0 Å². The van der Waals surface area contributed by atoms with E-state index in [2.05, 4.69) is 0 Å². The highest BCUT2D eigenvalue weighted by molar-refractivity contribution is 5.74. The maximum atomic E-state index is 10.9. The molecule has 0 unspecified atom stereocenters. The summed E-state index contributed by atoms with van der Waals surface area (Å²) >= 11 is 0. The molecule has 0 heterocycles. The fourth-order valence-electron chi connectivity index (χ4n) is 1.21. The Labute approximate surface area is 98.2 Å². The van der Waals surface area contributed by atoms with Gasteiger partial charge in [-0.05, 0) is 24.1 Å². The highest BCUT2D eigenvalue weighted by Crippen LogP contribution is 2.13. The van der Waals surface area contributed by atoms with Gasteiger partial charge < -0.3 is 21.3 Å². The molecule has 0 aliphatic heterocycles. The van der Waals surface area contributed by atoms with Gasteiger partial charge in [-0.3, -0.25) is 9.59 Å². The minimum atomic E-state index is -1.05. The molecule has 1 rings (SSSR count). The third kappa shape index (κ3) is 4.21. The molecule has 92 valence electrons. The summed E-state index contributed by atoms with van der Waals surface area (Å²) in [5.74, 6) is -1.21. The van der Waals surface area contributed by atoms with E-state index in [1.807, 2.05) is 0 Å². The van der Waals surface area contributed by atoms with Crippen LogP contribution in [0, 0.1) is 0 Å². The number of hydrogen-bond acceptors (Lipinski definition) is 5. The van der Waals surface area contributed by atoms with Crippen LogP contribution in [0.1, 0.15) is 5.56 Å². The number of benzene rings is 1. The second-order valence-corrected chi connectivity index (χ2v) is 3.47. The van der Waals surface area contributed by atoms with E-state index >= 15 is 0 Å². The van der Waals surface area contributed by atoms with E-state index in [0.717, 1.165) is 5.56 Å². The molecule has 0 aliphatic rings. The Morgan fingerprint density at radius 2 is 1.88 bits per heavy atom. The average Bonchev–Trinajstić information content (AvgIpc) is 2.31. The average molecular weight is 238 g/mol. The quantitative estimate of drug-likeness (QED) is 0.470. The fraction of sp³-hybridized carbons (Fsp3) is 0.273. The minimum Gasteiger partial charge on any atom is -0.480 e. The lowest BCUT2D eigenvalue weighted by Gasteiger charge is -2.07. The van der Waals surface area contributed by atoms with Gasteiger partial charge in [-0.1, -0.05) is 12.1 Å². The number of aliphatic carboxylic acids is 1. The number of rotatable bonds is 5. The molecule has 0 bridgehead atoms. The minimum absolute atomic E-state index is 0.189. The van der Waals surface area contributed by atoms with E-state index in [1.54, 1.807) is 24.3 Å². The second kappa shape index (κ2) is 5.97. The maximum absolute atomic E-state index is 10.9. The molecule has 1 aromatic rings. The zero-order valence-electron chi connectivity index (χ0n) is 9.13. The van der Waals surface area contributed by atoms with Gasteiger partial charge in [0.25, 0.3) is 0 Å². The number of carboxylic acid groups (broad SMARTS) is 1. The number of nitrogens with two attached hydrogens (primary N) is 2. The van der Waals surface area contributed by atoms with Crippen molar-refractivity contribution in [3.63, 3.8) is 0 Å². The number of esters is 1. The Balaban J connectivity index is 2.62. The summed E-state index contributed by atoms with van der Waals surface area (Å²) in [6.45, 7) is -0.189. The number of carbonyl (C=O) groups is 2. The summed E-state index contributed by atoms with van der Waals surface area (Å²) in [5, 5.41) is 8.64. The number of carboxylic acids is 1. The van der Waals surface area contributed by atoms with Gasteiger partial charge in [0.05, 0.1) is 6.54 Å². The van der Waals surface area contributed by atoms with Crippen molar-refractivity contribution in [3.8, 4) is 5.75 Å². The molecule has 0 aromatic heterocycles. The standard InChI is InChI=1S/C11H14N2O4/c12-6-10(14)17-8-3-1-7(2-4-8)5-9(13)11(15)16/h1-4,9H,5-6,12-13H2,(H,15,16)/t9-/m1/s1. The van der Waals surface area contributed by atoms with Crippen LogP contribution in [0.2, 0.25) is 0 Å². The molecule has 5 N–H and O–H groups in total. The number of hydrogen-bond donors (Lipinski definition) is 3. The van der Waals surface area contributed by atoms with Crippen LogP contribution in [0.3, 0.4) is 0 Å². The fourth-order valence-corrected chi connectivity index (χ4v) is 1.21. The normalized spacial score (nSPS) is 11.9. The van der Waals surface area contributed by atoms with Crippen LogP contribution in [-0.4, -0.2) is 29.6 Å². The first-order chi connectivity index (χ1) is 8.02. The molecule has 1 atom stereocenters. The molecular weight excluding hydrogens is 224 g/mol. The Morgan fingerprint density at radius 1 is 1.29 bits per heavy atom. The molecule has 0 fully saturated rings. The monoisotopic (exact) mass is 238 g/mol. The van der Waals surface area contributed by atoms with Crippen LogP contribution in [0.25, 0.3) is 0 Å². The summed E-state index contributed by atoms with van der Waals surface area (Å²) in [6, 6.07) is 5.51. The summed E-state index contributed by atoms with van der Waals surface area (Å²) in [4.78, 5) is 21.4. The van der Waals surface area contributed by atoms with Crippen LogP contribution in [0.4, 0.5) is 0 Å². The lowest BCUT2D eigenvalue weighted by atomic mass is 10.1. The zero-order valence-corrected chi connectivity index (χ0v) is 9.13. The SMILES string of the molecule is NCC(=O)Oc1ccc(C[C@@H](N)C(=O)O)cc1. The van der Waals surface area contributed by atoms with Gasteiger partial charge in [0.2, 0.25) is 0 Å². The molecule has 1 aromatic carbocycles. The molecule has 0 aliphatic carbocycles. The molecule has 0 saturated carbocycles. The molecule has 0 amide bonds. The first-order valence-corrected chi connectivity index (χ1v) is 5.01. The Morgan fingerprint density at radius 3 is 2.35 bits per heavy atom. The highest BCUT2D eigenvalue weighted by atomic mass is 16.5. The van der Waals surface area contributed by atoms with Crippen LogP contribution in [0.5, 0.6) is 5.75 Å². The first-order valence-electron chi connectivity index (χ1n) is 5.01. The lowest BCUT2D eigenvalue weighted by Crippen LogP contribution is -2.32. The predicted octanol–water partition coefficient (Wildman–Crippen LogP) is -0.495. The Bertz CT molecular complexity index is 402. The van der Waals surface area contributed by atoms with Crippen molar-refractivity contribution in [1.82, 2.24) is 0 Å². The third-order valence-corrected chi connectivity index (χ3v) is 2.09.